The van der Waals surface area contributed by atoms with Crippen molar-refractivity contribution in [1.82, 2.24) is 4.90 Å². The first kappa shape index (κ1) is 19.1. The number of benzene rings is 3. The Morgan fingerprint density at radius 3 is 2.17 bits per heavy atom. The number of amides is 1. The second-order valence-electron chi connectivity index (χ2n) is 7.36. The standard InChI is InChI=1S/C25H26N2O2/c1-20-7-5-6-10-24(20)25(28)27-17-15-26(16-18-27)22-11-13-23(14-12-22)29-19-21-8-3-2-4-9-21/h2-14H,15-19H2,1H3. The Labute approximate surface area is 172 Å². The van der Waals surface area contributed by atoms with Crippen LogP contribution in [0.4, 0.5) is 5.69 Å². The van der Waals surface area contributed by atoms with Gasteiger partial charge in [-0.3, -0.25) is 4.79 Å². The maximum absolute atomic E-state index is 12.8. The van der Waals surface area contributed by atoms with Crippen molar-refractivity contribution >= 4 is 11.6 Å². The molecule has 1 amide bonds. The van der Waals surface area contributed by atoms with Gasteiger partial charge in [-0.2, -0.15) is 0 Å². The van der Waals surface area contributed by atoms with Crippen molar-refractivity contribution in [2.75, 3.05) is 31.1 Å². The Hall–Kier alpha value is -3.27. The van der Waals surface area contributed by atoms with Gasteiger partial charge in [0.15, 0.2) is 0 Å². The molecule has 0 aliphatic carbocycles. The third-order valence-corrected chi connectivity index (χ3v) is 5.39. The second-order valence-corrected chi connectivity index (χ2v) is 7.36. The lowest BCUT2D eigenvalue weighted by atomic mass is 10.1. The van der Waals surface area contributed by atoms with Crippen LogP contribution in [-0.4, -0.2) is 37.0 Å². The molecule has 1 aliphatic heterocycles. The average Bonchev–Trinajstić information content (AvgIpc) is 2.79. The van der Waals surface area contributed by atoms with Crippen LogP contribution in [0, 0.1) is 6.92 Å². The van der Waals surface area contributed by atoms with Gasteiger partial charge in [0.1, 0.15) is 12.4 Å². The van der Waals surface area contributed by atoms with Crippen molar-refractivity contribution in [2.24, 2.45) is 0 Å². The van der Waals surface area contributed by atoms with Crippen LogP contribution in [0.1, 0.15) is 21.5 Å². The van der Waals surface area contributed by atoms with Crippen molar-refractivity contribution in [1.29, 1.82) is 0 Å². The van der Waals surface area contributed by atoms with Crippen LogP contribution in [0.3, 0.4) is 0 Å². The van der Waals surface area contributed by atoms with Crippen LogP contribution in [0.15, 0.2) is 78.9 Å². The van der Waals surface area contributed by atoms with Gasteiger partial charge in [-0.1, -0.05) is 48.5 Å². The first-order valence-corrected chi connectivity index (χ1v) is 10.1. The number of aryl methyl sites for hydroxylation is 1. The van der Waals surface area contributed by atoms with Gasteiger partial charge in [0.05, 0.1) is 0 Å². The number of carbonyl (C=O) groups is 1. The molecule has 1 saturated heterocycles. The summed E-state index contributed by atoms with van der Waals surface area (Å²) in [5, 5.41) is 0. The molecule has 0 saturated carbocycles. The molecule has 3 aromatic carbocycles. The molecule has 1 fully saturated rings. The third kappa shape index (κ3) is 4.60. The molecule has 0 bridgehead atoms. The van der Waals surface area contributed by atoms with Crippen LogP contribution < -0.4 is 9.64 Å². The van der Waals surface area contributed by atoms with E-state index >= 15 is 0 Å². The zero-order valence-electron chi connectivity index (χ0n) is 16.8. The second kappa shape index (κ2) is 8.82. The summed E-state index contributed by atoms with van der Waals surface area (Å²) in [5.74, 6) is 0.998. The van der Waals surface area contributed by atoms with E-state index < -0.39 is 0 Å². The van der Waals surface area contributed by atoms with Crippen molar-refractivity contribution in [3.8, 4) is 5.75 Å². The maximum atomic E-state index is 12.8. The van der Waals surface area contributed by atoms with Gasteiger partial charge in [-0.15, -0.1) is 0 Å². The highest BCUT2D eigenvalue weighted by Gasteiger charge is 2.23. The largest absolute Gasteiger partial charge is 0.489 e. The number of piperazine rings is 1. The number of anilines is 1. The van der Waals surface area contributed by atoms with E-state index in [9.17, 15) is 4.79 Å². The van der Waals surface area contributed by atoms with Gasteiger partial charge in [0.25, 0.3) is 5.91 Å². The highest BCUT2D eigenvalue weighted by Crippen LogP contribution is 2.22. The van der Waals surface area contributed by atoms with E-state index in [1.54, 1.807) is 0 Å². The third-order valence-electron chi connectivity index (χ3n) is 5.39. The zero-order chi connectivity index (χ0) is 20.1. The molecule has 1 aliphatic rings. The Balaban J connectivity index is 1.31. The molecular formula is C25H26N2O2. The van der Waals surface area contributed by atoms with E-state index in [0.717, 1.165) is 48.6 Å². The molecule has 0 unspecified atom stereocenters. The average molecular weight is 386 g/mol. The predicted octanol–water partition coefficient (Wildman–Crippen LogP) is 4.54. The molecule has 4 nitrogen and oxygen atoms in total. The summed E-state index contributed by atoms with van der Waals surface area (Å²) in [5.41, 5.74) is 4.16. The van der Waals surface area contributed by atoms with Crippen LogP contribution in [-0.2, 0) is 6.61 Å². The van der Waals surface area contributed by atoms with Crippen molar-refractivity contribution in [3.05, 3.63) is 95.6 Å². The number of hydrogen-bond acceptors (Lipinski definition) is 3. The summed E-state index contributed by atoms with van der Waals surface area (Å²) in [7, 11) is 0. The molecule has 4 heteroatoms. The SMILES string of the molecule is Cc1ccccc1C(=O)N1CCN(c2ccc(OCc3ccccc3)cc2)CC1. The lowest BCUT2D eigenvalue weighted by molar-refractivity contribution is 0.0746. The van der Waals surface area contributed by atoms with Crippen LogP contribution >= 0.6 is 0 Å². The van der Waals surface area contributed by atoms with Crippen LogP contribution in [0.2, 0.25) is 0 Å². The summed E-state index contributed by atoms with van der Waals surface area (Å²) in [4.78, 5) is 17.1. The first-order chi connectivity index (χ1) is 14.2. The molecule has 3 aromatic rings. The summed E-state index contributed by atoms with van der Waals surface area (Å²) >= 11 is 0. The van der Waals surface area contributed by atoms with E-state index in [2.05, 4.69) is 29.2 Å². The smallest absolute Gasteiger partial charge is 0.254 e. The zero-order valence-corrected chi connectivity index (χ0v) is 16.8. The van der Waals surface area contributed by atoms with E-state index in [0.29, 0.717) is 6.61 Å². The minimum atomic E-state index is 0.132. The van der Waals surface area contributed by atoms with E-state index in [4.69, 9.17) is 4.74 Å². The molecule has 0 aromatic heterocycles. The highest BCUT2D eigenvalue weighted by atomic mass is 16.5. The molecule has 0 spiro atoms. The molecular weight excluding hydrogens is 360 g/mol. The van der Waals surface area contributed by atoms with E-state index in [1.807, 2.05) is 66.4 Å². The van der Waals surface area contributed by atoms with E-state index in [1.165, 1.54) is 5.69 Å². The van der Waals surface area contributed by atoms with E-state index in [-0.39, 0.29) is 5.91 Å². The van der Waals surface area contributed by atoms with Gasteiger partial charge in [0.2, 0.25) is 0 Å². The lowest BCUT2D eigenvalue weighted by Crippen LogP contribution is -2.48. The minimum absolute atomic E-state index is 0.132. The normalized spacial score (nSPS) is 14.0. The molecule has 0 atom stereocenters. The van der Waals surface area contributed by atoms with Gasteiger partial charge in [-0.25, -0.2) is 0 Å². The highest BCUT2D eigenvalue weighted by molar-refractivity contribution is 5.95. The maximum Gasteiger partial charge on any atom is 0.254 e. The molecule has 1 heterocycles. The number of ether oxygens (including phenoxy) is 1. The fraction of sp³-hybridized carbons (Fsp3) is 0.240. The lowest BCUT2D eigenvalue weighted by Gasteiger charge is -2.36. The number of nitrogens with zero attached hydrogens (tertiary/aromatic N) is 2. The molecule has 0 radical (unpaired) electrons. The van der Waals surface area contributed by atoms with Gasteiger partial charge < -0.3 is 14.5 Å². The van der Waals surface area contributed by atoms with Crippen molar-refractivity contribution in [3.63, 3.8) is 0 Å². The molecule has 4 rings (SSSR count). The fourth-order valence-electron chi connectivity index (χ4n) is 3.65. The predicted molar refractivity (Wildman–Crippen MR) is 117 cm³/mol. The van der Waals surface area contributed by atoms with Gasteiger partial charge in [0, 0.05) is 37.4 Å². The van der Waals surface area contributed by atoms with Crippen molar-refractivity contribution < 1.29 is 9.53 Å². The summed E-state index contributed by atoms with van der Waals surface area (Å²) in [6.45, 7) is 5.70. The topological polar surface area (TPSA) is 32.8 Å². The molecule has 0 N–H and O–H groups in total. The fourth-order valence-corrected chi connectivity index (χ4v) is 3.65. The van der Waals surface area contributed by atoms with Crippen molar-refractivity contribution in [2.45, 2.75) is 13.5 Å². The van der Waals surface area contributed by atoms with Gasteiger partial charge >= 0.3 is 0 Å². The summed E-state index contributed by atoms with van der Waals surface area (Å²) in [6, 6.07) is 26.2. The Morgan fingerprint density at radius 2 is 1.48 bits per heavy atom. The molecule has 29 heavy (non-hydrogen) atoms. The van der Waals surface area contributed by atoms with Crippen LogP contribution in [0.5, 0.6) is 5.75 Å². The Kier molecular flexibility index (Phi) is 5.80. The first-order valence-electron chi connectivity index (χ1n) is 10.1. The number of hydrogen-bond donors (Lipinski definition) is 0. The number of carbonyl (C=O) groups excluding carboxylic acids is 1. The Morgan fingerprint density at radius 1 is 0.828 bits per heavy atom. The van der Waals surface area contributed by atoms with Crippen LogP contribution in [0.25, 0.3) is 0 Å². The molecule has 148 valence electrons. The monoisotopic (exact) mass is 386 g/mol. The Bertz CT molecular complexity index is 946. The van der Waals surface area contributed by atoms with Gasteiger partial charge in [-0.05, 0) is 48.4 Å². The summed E-state index contributed by atoms with van der Waals surface area (Å²) < 4.78 is 5.87. The minimum Gasteiger partial charge on any atom is -0.489 e. The number of rotatable bonds is 5. The summed E-state index contributed by atoms with van der Waals surface area (Å²) in [6.07, 6.45) is 0. The quantitative estimate of drug-likeness (QED) is 0.646.